The third-order valence-corrected chi connectivity index (χ3v) is 12.8. The van der Waals surface area contributed by atoms with Crippen molar-refractivity contribution in [2.24, 2.45) is 17.8 Å². The summed E-state index contributed by atoms with van der Waals surface area (Å²) in [6.07, 6.45) is 8.44. The Kier molecular flexibility index (Phi) is 11.8. The zero-order chi connectivity index (χ0) is 35.3. The minimum atomic E-state index is -4.04. The number of ether oxygens (including phenoxy) is 3. The number of carbonyl (C=O) groups is 2. The van der Waals surface area contributed by atoms with Crippen LogP contribution in [0.4, 0.5) is 5.69 Å². The largest absolute Gasteiger partial charge is 0.490 e. The molecule has 3 unspecified atom stereocenters. The Bertz CT molecular complexity index is 1660. The number of benzene rings is 2. The van der Waals surface area contributed by atoms with Crippen LogP contribution in [0.15, 0.2) is 61.7 Å². The van der Waals surface area contributed by atoms with Gasteiger partial charge < -0.3 is 19.1 Å². The van der Waals surface area contributed by atoms with Crippen molar-refractivity contribution >= 4 is 39.2 Å². The van der Waals surface area contributed by atoms with Crippen molar-refractivity contribution in [1.29, 1.82) is 0 Å². The number of fused-ring (bicyclic) bond motifs is 3. The normalized spacial score (nSPS) is 23.4. The molecule has 11 heteroatoms. The second-order valence-corrected chi connectivity index (χ2v) is 16.2. The van der Waals surface area contributed by atoms with Crippen LogP contribution in [0.1, 0.15) is 73.9 Å². The van der Waals surface area contributed by atoms with E-state index in [2.05, 4.69) is 34.9 Å². The minimum absolute atomic E-state index is 0.112. The Balaban J connectivity index is 1.49. The summed E-state index contributed by atoms with van der Waals surface area (Å²) in [6.45, 7) is 12.9. The first kappa shape index (κ1) is 36.9. The summed E-state index contributed by atoms with van der Waals surface area (Å²) in [7, 11) is -2.52. The van der Waals surface area contributed by atoms with Gasteiger partial charge in [0.1, 0.15) is 11.9 Å². The Morgan fingerprint density at radius 3 is 2.67 bits per heavy atom. The van der Waals surface area contributed by atoms with Crippen LogP contribution in [0, 0.1) is 17.8 Å². The standard InChI is InChI=1S/C38H49ClN2O7S/c1-6-9-25(3)36(17-19-46-5)49(44,45)40-37(43)28-12-16-35-33(21-28)41(22-29-11-14-31(29)34(7-2)48-26(4)42)23-38(24-47-35)18-8-10-27-20-30(39)13-15-32(27)38/h6-7,12-13,15-16,20-21,25,29,31,34,36H,1-2,8-11,14,17-19,22-24H2,3-5H3,(H,40,43)/t25?,29-,31+,34?,36?,38-/m0/s1. The number of hydrogen-bond acceptors (Lipinski definition) is 8. The average Bonchev–Trinajstić information content (AvgIpc) is 3.19. The number of carbonyl (C=O) groups excluding carboxylic acids is 2. The van der Waals surface area contributed by atoms with Crippen molar-refractivity contribution in [2.75, 3.05) is 38.3 Å². The zero-order valence-corrected chi connectivity index (χ0v) is 30.4. The van der Waals surface area contributed by atoms with Crippen molar-refractivity contribution in [3.63, 3.8) is 0 Å². The van der Waals surface area contributed by atoms with Gasteiger partial charge in [-0.3, -0.25) is 9.59 Å². The predicted molar refractivity (Wildman–Crippen MR) is 193 cm³/mol. The summed E-state index contributed by atoms with van der Waals surface area (Å²) < 4.78 is 46.9. The number of aryl methyl sites for hydroxylation is 1. The maximum Gasteiger partial charge on any atom is 0.303 e. The first-order valence-corrected chi connectivity index (χ1v) is 19.1. The molecule has 1 N–H and O–H groups in total. The van der Waals surface area contributed by atoms with Crippen molar-refractivity contribution in [3.05, 3.63) is 83.4 Å². The third-order valence-electron chi connectivity index (χ3n) is 10.6. The maximum absolute atomic E-state index is 13.7. The summed E-state index contributed by atoms with van der Waals surface area (Å²) in [6, 6.07) is 11.2. The van der Waals surface area contributed by atoms with Crippen LogP contribution in [0.2, 0.25) is 5.02 Å². The molecule has 1 aliphatic heterocycles. The van der Waals surface area contributed by atoms with Crippen LogP contribution in [0.3, 0.4) is 0 Å². The molecule has 1 spiro atoms. The third kappa shape index (κ3) is 8.18. The number of nitrogens with one attached hydrogen (secondary N) is 1. The molecule has 266 valence electrons. The molecule has 9 nitrogen and oxygen atoms in total. The molecule has 0 bridgehead atoms. The SMILES string of the molecule is C=CCC(C)C(CCOC)S(=O)(=O)NC(=O)c1ccc2c(c1)N(C[C@@H]1CC[C@H]1C(C=C)OC(C)=O)C[C@@]1(CCCc3cc(Cl)ccc31)CO2. The van der Waals surface area contributed by atoms with E-state index in [1.165, 1.54) is 25.2 Å². The van der Waals surface area contributed by atoms with Gasteiger partial charge in [-0.15, -0.1) is 6.58 Å². The van der Waals surface area contributed by atoms with E-state index in [0.29, 0.717) is 36.9 Å². The van der Waals surface area contributed by atoms with Crippen LogP contribution in [-0.4, -0.2) is 65.1 Å². The van der Waals surface area contributed by atoms with E-state index in [9.17, 15) is 18.0 Å². The molecule has 1 saturated carbocycles. The van der Waals surface area contributed by atoms with Gasteiger partial charge in [0.05, 0.1) is 17.5 Å². The second-order valence-electron chi connectivity index (χ2n) is 13.9. The number of nitrogens with zero attached hydrogens (tertiary/aromatic N) is 1. The predicted octanol–water partition coefficient (Wildman–Crippen LogP) is 6.63. The van der Waals surface area contributed by atoms with Gasteiger partial charge in [0.15, 0.2) is 0 Å². The number of rotatable bonds is 14. The van der Waals surface area contributed by atoms with Crippen molar-refractivity contribution in [1.82, 2.24) is 4.72 Å². The lowest BCUT2D eigenvalue weighted by Crippen LogP contribution is -2.49. The molecule has 2 aromatic rings. The van der Waals surface area contributed by atoms with Crippen molar-refractivity contribution < 1.29 is 32.2 Å². The Labute approximate surface area is 296 Å². The van der Waals surface area contributed by atoms with Crippen LogP contribution >= 0.6 is 11.6 Å². The molecule has 6 atom stereocenters. The molecule has 0 radical (unpaired) electrons. The molecule has 1 heterocycles. The van der Waals surface area contributed by atoms with Gasteiger partial charge in [-0.2, -0.15) is 0 Å². The highest BCUT2D eigenvalue weighted by molar-refractivity contribution is 7.90. The molecule has 3 aliphatic rings. The number of esters is 1. The number of hydrogen-bond donors (Lipinski definition) is 1. The van der Waals surface area contributed by atoms with E-state index in [0.717, 1.165) is 37.8 Å². The van der Waals surface area contributed by atoms with Crippen molar-refractivity contribution in [2.45, 2.75) is 75.6 Å². The Hall–Kier alpha value is -3.34. The molecule has 0 saturated heterocycles. The van der Waals surface area contributed by atoms with Gasteiger partial charge in [0, 0.05) is 55.6 Å². The molecular weight excluding hydrogens is 664 g/mol. The molecular formula is C38H49ClN2O7S. The van der Waals surface area contributed by atoms with Crippen LogP contribution in [-0.2, 0) is 36.1 Å². The number of amides is 1. The first-order valence-electron chi connectivity index (χ1n) is 17.2. The highest BCUT2D eigenvalue weighted by Crippen LogP contribution is 2.47. The van der Waals surface area contributed by atoms with Gasteiger partial charge in [0.2, 0.25) is 10.0 Å². The maximum atomic E-state index is 13.7. The lowest BCUT2D eigenvalue weighted by atomic mass is 9.68. The molecule has 5 rings (SSSR count). The molecule has 2 aliphatic carbocycles. The fourth-order valence-corrected chi connectivity index (χ4v) is 9.80. The quantitative estimate of drug-likeness (QED) is 0.172. The highest BCUT2D eigenvalue weighted by Gasteiger charge is 2.45. The van der Waals surface area contributed by atoms with Gasteiger partial charge in [-0.25, -0.2) is 13.1 Å². The number of halogens is 1. The van der Waals surface area contributed by atoms with Crippen LogP contribution < -0.4 is 14.4 Å². The first-order chi connectivity index (χ1) is 23.4. The van der Waals surface area contributed by atoms with Gasteiger partial charge >= 0.3 is 5.97 Å². The smallest absolute Gasteiger partial charge is 0.303 e. The topological polar surface area (TPSA) is 111 Å². The van der Waals surface area contributed by atoms with E-state index in [1.54, 1.807) is 30.4 Å². The van der Waals surface area contributed by atoms with E-state index in [4.69, 9.17) is 25.8 Å². The monoisotopic (exact) mass is 712 g/mol. The van der Waals surface area contributed by atoms with Gasteiger partial charge in [-0.05, 0) is 98.2 Å². The number of allylic oxidation sites excluding steroid dienone is 1. The molecule has 49 heavy (non-hydrogen) atoms. The molecule has 1 fully saturated rings. The fourth-order valence-electron chi connectivity index (χ4n) is 7.95. The number of anilines is 1. The van der Waals surface area contributed by atoms with E-state index in [1.807, 2.05) is 13.0 Å². The summed E-state index contributed by atoms with van der Waals surface area (Å²) in [5.41, 5.74) is 3.06. The Morgan fingerprint density at radius 1 is 1.20 bits per heavy atom. The van der Waals surface area contributed by atoms with E-state index >= 15 is 0 Å². The van der Waals surface area contributed by atoms with E-state index < -0.39 is 21.2 Å². The summed E-state index contributed by atoms with van der Waals surface area (Å²) in [4.78, 5) is 27.8. The molecule has 2 aromatic carbocycles. The summed E-state index contributed by atoms with van der Waals surface area (Å²) in [5.74, 6) is -0.360. The number of methoxy groups -OCH3 is 1. The average molecular weight is 713 g/mol. The zero-order valence-electron chi connectivity index (χ0n) is 28.8. The highest BCUT2D eigenvalue weighted by atomic mass is 35.5. The van der Waals surface area contributed by atoms with Gasteiger partial charge in [-0.1, -0.05) is 43.3 Å². The van der Waals surface area contributed by atoms with Crippen LogP contribution in [0.5, 0.6) is 5.75 Å². The second kappa shape index (κ2) is 15.7. The van der Waals surface area contributed by atoms with Crippen molar-refractivity contribution in [3.8, 4) is 5.75 Å². The lowest BCUT2D eigenvalue weighted by molar-refractivity contribution is -0.149. The van der Waals surface area contributed by atoms with E-state index in [-0.39, 0.29) is 53.8 Å². The van der Waals surface area contributed by atoms with Crippen LogP contribution in [0.25, 0.3) is 0 Å². The Morgan fingerprint density at radius 2 is 2.00 bits per heavy atom. The molecule has 1 amide bonds. The fraction of sp³-hybridized carbons (Fsp3) is 0.526. The number of sulfonamides is 1. The summed E-state index contributed by atoms with van der Waals surface area (Å²) >= 11 is 6.42. The summed E-state index contributed by atoms with van der Waals surface area (Å²) in [5, 5.41) is -0.127. The lowest BCUT2D eigenvalue weighted by Gasteiger charge is -2.45. The van der Waals surface area contributed by atoms with Gasteiger partial charge in [0.25, 0.3) is 5.91 Å². The minimum Gasteiger partial charge on any atom is -0.490 e. The molecule has 0 aromatic heterocycles.